The molecule has 2 aromatic heterocycles. The minimum Gasteiger partial charge on any atom is -0.317 e. The minimum absolute atomic E-state index is 0.0433. The van der Waals surface area contributed by atoms with E-state index in [4.69, 9.17) is 0 Å². The maximum absolute atomic E-state index is 10.9. The number of rotatable bonds is 2. The zero-order valence-electron chi connectivity index (χ0n) is 7.48. The fourth-order valence-corrected chi connectivity index (χ4v) is 2.68. The first-order valence-corrected chi connectivity index (χ1v) is 5.77. The maximum atomic E-state index is 10.9. The van der Waals surface area contributed by atoms with Gasteiger partial charge < -0.3 is 5.32 Å². The van der Waals surface area contributed by atoms with Crippen molar-refractivity contribution in [3.63, 3.8) is 0 Å². The van der Waals surface area contributed by atoms with Gasteiger partial charge in [0, 0.05) is 18.7 Å². The number of amides is 1. The Hall–Kier alpha value is -1.20. The van der Waals surface area contributed by atoms with Gasteiger partial charge in [0.1, 0.15) is 5.00 Å². The number of hydrogen-bond acceptors (Lipinski definition) is 4. The van der Waals surface area contributed by atoms with Crippen molar-refractivity contribution in [2.75, 3.05) is 5.32 Å². The van der Waals surface area contributed by atoms with Gasteiger partial charge in [0.25, 0.3) is 0 Å². The number of hydrogen-bond donors (Lipinski definition) is 1. The van der Waals surface area contributed by atoms with Crippen LogP contribution in [0.3, 0.4) is 0 Å². The third kappa shape index (κ3) is 1.83. The molecule has 72 valence electrons. The summed E-state index contributed by atoms with van der Waals surface area (Å²) in [7, 11) is 0. The lowest BCUT2D eigenvalue weighted by Crippen LogP contribution is -2.04. The molecule has 0 radical (unpaired) electrons. The Balaban J connectivity index is 2.35. The third-order valence-electron chi connectivity index (χ3n) is 1.65. The Morgan fingerprint density at radius 1 is 1.50 bits per heavy atom. The number of thiazole rings is 1. The van der Waals surface area contributed by atoms with Crippen molar-refractivity contribution in [2.45, 2.75) is 6.92 Å². The Morgan fingerprint density at radius 3 is 3.00 bits per heavy atom. The average Bonchev–Trinajstić information content (AvgIpc) is 2.70. The maximum Gasteiger partial charge on any atom is 0.221 e. The monoisotopic (exact) mass is 224 g/mol. The Morgan fingerprint density at radius 2 is 2.36 bits per heavy atom. The summed E-state index contributed by atoms with van der Waals surface area (Å²) < 4.78 is 0. The van der Waals surface area contributed by atoms with Gasteiger partial charge in [-0.15, -0.1) is 22.7 Å². The van der Waals surface area contributed by atoms with Crippen LogP contribution in [0.1, 0.15) is 6.92 Å². The first kappa shape index (κ1) is 9.36. The van der Waals surface area contributed by atoms with Crippen molar-refractivity contribution in [1.29, 1.82) is 0 Å². The highest BCUT2D eigenvalue weighted by Crippen LogP contribution is 2.34. The smallest absolute Gasteiger partial charge is 0.221 e. The number of nitrogens with one attached hydrogen (secondary N) is 1. The number of aromatic nitrogens is 1. The molecule has 0 unspecified atom stereocenters. The van der Waals surface area contributed by atoms with E-state index in [1.807, 2.05) is 11.4 Å². The van der Waals surface area contributed by atoms with Gasteiger partial charge in [-0.25, -0.2) is 0 Å². The molecule has 0 aliphatic carbocycles. The van der Waals surface area contributed by atoms with E-state index in [1.165, 1.54) is 18.3 Å². The fraction of sp³-hybridized carbons (Fsp3) is 0.111. The summed E-state index contributed by atoms with van der Waals surface area (Å²) in [6.45, 7) is 1.51. The van der Waals surface area contributed by atoms with Crippen LogP contribution >= 0.6 is 22.7 Å². The van der Waals surface area contributed by atoms with E-state index in [0.29, 0.717) is 0 Å². The first-order valence-electron chi connectivity index (χ1n) is 4.01. The standard InChI is InChI=1S/C9H8N2OS2/c1-6(12)11-9-7(2-3-13-9)8-4-10-5-14-8/h2-5H,1H3,(H,11,12). The molecule has 0 spiro atoms. The van der Waals surface area contributed by atoms with Crippen molar-refractivity contribution in [1.82, 2.24) is 4.98 Å². The molecule has 0 atom stereocenters. The molecule has 2 rings (SSSR count). The molecular weight excluding hydrogens is 216 g/mol. The third-order valence-corrected chi connectivity index (χ3v) is 3.29. The van der Waals surface area contributed by atoms with Gasteiger partial charge in [-0.05, 0) is 11.4 Å². The summed E-state index contributed by atoms with van der Waals surface area (Å²) in [5, 5.41) is 5.65. The molecule has 1 N–H and O–H groups in total. The van der Waals surface area contributed by atoms with Gasteiger partial charge in [0.2, 0.25) is 5.91 Å². The van der Waals surface area contributed by atoms with Crippen molar-refractivity contribution >= 4 is 33.6 Å². The molecule has 0 saturated heterocycles. The number of carbonyl (C=O) groups is 1. The van der Waals surface area contributed by atoms with Crippen LogP contribution in [0.4, 0.5) is 5.00 Å². The van der Waals surface area contributed by atoms with E-state index in [9.17, 15) is 4.79 Å². The highest BCUT2D eigenvalue weighted by Gasteiger charge is 2.08. The minimum atomic E-state index is -0.0433. The SMILES string of the molecule is CC(=O)Nc1sccc1-c1cncs1. The molecule has 1 amide bonds. The van der Waals surface area contributed by atoms with Crippen molar-refractivity contribution in [3.8, 4) is 10.4 Å². The molecule has 2 aromatic rings. The van der Waals surface area contributed by atoms with Gasteiger partial charge in [-0.2, -0.15) is 0 Å². The topological polar surface area (TPSA) is 42.0 Å². The fourth-order valence-electron chi connectivity index (χ4n) is 1.11. The van der Waals surface area contributed by atoms with E-state index in [1.54, 1.807) is 23.0 Å². The first-order chi connectivity index (χ1) is 6.77. The van der Waals surface area contributed by atoms with Crippen LogP contribution in [0, 0.1) is 0 Å². The summed E-state index contributed by atoms with van der Waals surface area (Å²) in [5.74, 6) is -0.0433. The summed E-state index contributed by atoms with van der Waals surface area (Å²) in [6, 6.07) is 1.99. The Kier molecular flexibility index (Phi) is 2.60. The van der Waals surface area contributed by atoms with Crippen LogP contribution in [0.25, 0.3) is 10.4 Å². The highest BCUT2D eigenvalue weighted by molar-refractivity contribution is 7.17. The normalized spacial score (nSPS) is 10.1. The quantitative estimate of drug-likeness (QED) is 0.852. The molecule has 0 aromatic carbocycles. The van der Waals surface area contributed by atoms with Crippen molar-refractivity contribution < 1.29 is 4.79 Å². The molecular formula is C9H8N2OS2. The lowest BCUT2D eigenvalue weighted by molar-refractivity contribution is -0.114. The zero-order chi connectivity index (χ0) is 9.97. The molecule has 0 saturated carbocycles. The van der Waals surface area contributed by atoms with Gasteiger partial charge >= 0.3 is 0 Å². The number of anilines is 1. The van der Waals surface area contributed by atoms with Crippen molar-refractivity contribution in [3.05, 3.63) is 23.2 Å². The molecule has 14 heavy (non-hydrogen) atoms. The molecule has 3 nitrogen and oxygen atoms in total. The largest absolute Gasteiger partial charge is 0.317 e. The number of nitrogens with zero attached hydrogens (tertiary/aromatic N) is 1. The van der Waals surface area contributed by atoms with E-state index in [2.05, 4.69) is 10.3 Å². The van der Waals surface area contributed by atoms with Gasteiger partial charge in [0.05, 0.1) is 10.4 Å². The van der Waals surface area contributed by atoms with E-state index >= 15 is 0 Å². The lowest BCUT2D eigenvalue weighted by atomic mass is 10.3. The van der Waals surface area contributed by atoms with Gasteiger partial charge in [-0.1, -0.05) is 0 Å². The predicted molar refractivity (Wildman–Crippen MR) is 59.7 cm³/mol. The number of carbonyl (C=O) groups excluding carboxylic acids is 1. The van der Waals surface area contributed by atoms with Crippen LogP contribution in [0.5, 0.6) is 0 Å². The molecule has 0 aliphatic heterocycles. The van der Waals surface area contributed by atoms with E-state index in [-0.39, 0.29) is 5.91 Å². The summed E-state index contributed by atoms with van der Waals surface area (Å²) in [4.78, 5) is 16.0. The van der Waals surface area contributed by atoms with Crippen LogP contribution < -0.4 is 5.32 Å². The summed E-state index contributed by atoms with van der Waals surface area (Å²) in [6.07, 6.45) is 1.80. The predicted octanol–water partition coefficient (Wildman–Crippen LogP) is 2.83. The van der Waals surface area contributed by atoms with Crippen LogP contribution in [0.2, 0.25) is 0 Å². The second-order valence-corrected chi connectivity index (χ2v) is 4.51. The van der Waals surface area contributed by atoms with Crippen molar-refractivity contribution in [2.24, 2.45) is 0 Å². The summed E-state index contributed by atoms with van der Waals surface area (Å²) in [5.41, 5.74) is 2.83. The highest BCUT2D eigenvalue weighted by atomic mass is 32.1. The van der Waals surface area contributed by atoms with Crippen LogP contribution in [-0.4, -0.2) is 10.9 Å². The van der Waals surface area contributed by atoms with E-state index in [0.717, 1.165) is 15.4 Å². The van der Waals surface area contributed by atoms with E-state index < -0.39 is 0 Å². The van der Waals surface area contributed by atoms with Crippen LogP contribution in [0.15, 0.2) is 23.2 Å². The number of thiophene rings is 1. The molecule has 5 heteroatoms. The second kappa shape index (κ2) is 3.89. The second-order valence-electron chi connectivity index (χ2n) is 2.71. The average molecular weight is 224 g/mol. The lowest BCUT2D eigenvalue weighted by Gasteiger charge is -2.00. The van der Waals surface area contributed by atoms with Gasteiger partial charge in [0.15, 0.2) is 0 Å². The summed E-state index contributed by atoms with van der Waals surface area (Å²) >= 11 is 3.09. The molecule has 2 heterocycles. The Bertz CT molecular complexity index is 433. The zero-order valence-corrected chi connectivity index (χ0v) is 9.11. The molecule has 0 fully saturated rings. The van der Waals surface area contributed by atoms with Gasteiger partial charge in [-0.3, -0.25) is 9.78 Å². The van der Waals surface area contributed by atoms with Crippen LogP contribution in [-0.2, 0) is 4.79 Å². The molecule has 0 aliphatic rings. The Labute approximate surface area is 89.4 Å². The molecule has 0 bridgehead atoms.